The van der Waals surface area contributed by atoms with Gasteiger partial charge >= 0.3 is 0 Å². The summed E-state index contributed by atoms with van der Waals surface area (Å²) in [4.78, 5) is 12.6. The van der Waals surface area contributed by atoms with Crippen molar-refractivity contribution in [3.8, 4) is 17.6 Å². The Morgan fingerprint density at radius 1 is 1.09 bits per heavy atom. The highest BCUT2D eigenvalue weighted by molar-refractivity contribution is 6.44. The third kappa shape index (κ3) is 6.26. The number of carbonyl (C=O) groups is 1. The highest BCUT2D eigenvalue weighted by Gasteiger charge is 2.14. The van der Waals surface area contributed by atoms with Crippen molar-refractivity contribution in [2.75, 3.05) is 11.9 Å². The standard InChI is InChI=1S/C25H19Cl2FN2O3/c1-2-32-23-13-16(10-11-22(23)33-15-17-6-3-4-8-20(17)28)12-18(14-29)25(31)30-21-9-5-7-19(26)24(21)27/h3-13H,2,15H2,1H3,(H,30,31)/b18-12+. The van der Waals surface area contributed by atoms with E-state index in [1.807, 2.05) is 13.0 Å². The van der Waals surface area contributed by atoms with E-state index >= 15 is 0 Å². The zero-order valence-corrected chi connectivity index (χ0v) is 19.1. The fourth-order valence-corrected chi connectivity index (χ4v) is 3.23. The molecule has 33 heavy (non-hydrogen) atoms. The average Bonchev–Trinajstić information content (AvgIpc) is 2.81. The second kappa shape index (κ2) is 11.4. The Kier molecular flexibility index (Phi) is 8.31. The number of nitrogens with zero attached hydrogens (tertiary/aromatic N) is 1. The summed E-state index contributed by atoms with van der Waals surface area (Å²) in [6, 6.07) is 18.0. The van der Waals surface area contributed by atoms with E-state index in [9.17, 15) is 14.4 Å². The van der Waals surface area contributed by atoms with Crippen LogP contribution in [0.4, 0.5) is 10.1 Å². The predicted octanol–water partition coefficient (Wildman–Crippen LogP) is 6.66. The van der Waals surface area contributed by atoms with Gasteiger partial charge in [0.25, 0.3) is 5.91 Å². The number of benzene rings is 3. The molecular weight excluding hydrogens is 466 g/mol. The van der Waals surface area contributed by atoms with Crippen LogP contribution in [-0.4, -0.2) is 12.5 Å². The zero-order chi connectivity index (χ0) is 23.8. The summed E-state index contributed by atoms with van der Waals surface area (Å²) in [6.45, 7) is 2.20. The van der Waals surface area contributed by atoms with Crippen LogP contribution in [0.1, 0.15) is 18.1 Å². The number of anilines is 1. The first kappa shape index (κ1) is 24.1. The minimum absolute atomic E-state index is 0.0220. The molecule has 0 aliphatic rings. The lowest BCUT2D eigenvalue weighted by Crippen LogP contribution is -2.13. The second-order valence-electron chi connectivity index (χ2n) is 6.74. The lowest BCUT2D eigenvalue weighted by atomic mass is 10.1. The van der Waals surface area contributed by atoms with E-state index in [2.05, 4.69) is 5.32 Å². The van der Waals surface area contributed by atoms with Gasteiger partial charge < -0.3 is 14.8 Å². The van der Waals surface area contributed by atoms with Gasteiger partial charge in [-0.25, -0.2) is 4.39 Å². The number of nitriles is 1. The van der Waals surface area contributed by atoms with Crippen LogP contribution in [0.25, 0.3) is 6.08 Å². The summed E-state index contributed by atoms with van der Waals surface area (Å²) in [5, 5.41) is 12.5. The van der Waals surface area contributed by atoms with Crippen molar-refractivity contribution >= 4 is 40.9 Å². The molecule has 0 fully saturated rings. The third-order valence-electron chi connectivity index (χ3n) is 4.48. The van der Waals surface area contributed by atoms with Crippen molar-refractivity contribution in [2.24, 2.45) is 0 Å². The Hall–Kier alpha value is -3.53. The van der Waals surface area contributed by atoms with Gasteiger partial charge in [0.1, 0.15) is 24.1 Å². The highest BCUT2D eigenvalue weighted by atomic mass is 35.5. The lowest BCUT2D eigenvalue weighted by molar-refractivity contribution is -0.112. The largest absolute Gasteiger partial charge is 0.490 e. The maximum absolute atomic E-state index is 13.9. The molecule has 0 aromatic heterocycles. The smallest absolute Gasteiger partial charge is 0.266 e. The molecule has 0 aliphatic heterocycles. The quantitative estimate of drug-likeness (QED) is 0.286. The lowest BCUT2D eigenvalue weighted by Gasteiger charge is -2.13. The van der Waals surface area contributed by atoms with Gasteiger partial charge in [0.05, 0.1) is 22.3 Å². The zero-order valence-electron chi connectivity index (χ0n) is 17.6. The monoisotopic (exact) mass is 484 g/mol. The molecule has 3 rings (SSSR count). The molecule has 0 unspecified atom stereocenters. The number of hydrogen-bond donors (Lipinski definition) is 1. The molecule has 0 radical (unpaired) electrons. The highest BCUT2D eigenvalue weighted by Crippen LogP contribution is 2.31. The normalized spacial score (nSPS) is 10.9. The van der Waals surface area contributed by atoms with Gasteiger partial charge in [0.15, 0.2) is 11.5 Å². The van der Waals surface area contributed by atoms with E-state index in [1.165, 1.54) is 12.1 Å². The summed E-state index contributed by atoms with van der Waals surface area (Å²) in [5.41, 5.74) is 1.10. The molecule has 3 aromatic rings. The van der Waals surface area contributed by atoms with Crippen LogP contribution >= 0.6 is 23.2 Å². The van der Waals surface area contributed by atoms with Crippen LogP contribution in [0, 0.1) is 17.1 Å². The average molecular weight is 485 g/mol. The van der Waals surface area contributed by atoms with Crippen LogP contribution in [0.3, 0.4) is 0 Å². The van der Waals surface area contributed by atoms with Crippen LogP contribution in [0.5, 0.6) is 11.5 Å². The molecule has 0 spiro atoms. The van der Waals surface area contributed by atoms with Crippen molar-refractivity contribution in [1.29, 1.82) is 5.26 Å². The predicted molar refractivity (Wildman–Crippen MR) is 127 cm³/mol. The molecule has 0 aliphatic carbocycles. The van der Waals surface area contributed by atoms with Crippen molar-refractivity contribution in [2.45, 2.75) is 13.5 Å². The fraction of sp³-hybridized carbons (Fsp3) is 0.120. The van der Waals surface area contributed by atoms with Crippen LogP contribution in [-0.2, 0) is 11.4 Å². The SMILES string of the molecule is CCOc1cc(/C=C(\C#N)C(=O)Nc2cccc(Cl)c2Cl)ccc1OCc1ccccc1F. The maximum atomic E-state index is 13.9. The molecule has 0 atom stereocenters. The first-order chi connectivity index (χ1) is 15.9. The summed E-state index contributed by atoms with van der Waals surface area (Å²) in [7, 11) is 0. The van der Waals surface area contributed by atoms with Crippen molar-refractivity contribution < 1.29 is 18.7 Å². The fourth-order valence-electron chi connectivity index (χ4n) is 2.88. The molecule has 0 saturated heterocycles. The van der Waals surface area contributed by atoms with Gasteiger partial charge in [0.2, 0.25) is 0 Å². The third-order valence-corrected chi connectivity index (χ3v) is 5.30. The minimum atomic E-state index is -0.639. The topological polar surface area (TPSA) is 71.3 Å². The Morgan fingerprint density at radius 2 is 1.88 bits per heavy atom. The molecular formula is C25H19Cl2FN2O3. The van der Waals surface area contributed by atoms with E-state index in [-0.39, 0.29) is 28.0 Å². The van der Waals surface area contributed by atoms with E-state index < -0.39 is 5.91 Å². The van der Waals surface area contributed by atoms with Gasteiger partial charge in [-0.3, -0.25) is 4.79 Å². The number of amides is 1. The number of halogens is 3. The Bertz CT molecular complexity index is 1240. The van der Waals surface area contributed by atoms with Crippen LogP contribution < -0.4 is 14.8 Å². The molecule has 1 N–H and O–H groups in total. The Labute approximate surface area is 201 Å². The molecule has 3 aromatic carbocycles. The molecule has 0 heterocycles. The van der Waals surface area contributed by atoms with Crippen molar-refractivity contribution in [1.82, 2.24) is 0 Å². The van der Waals surface area contributed by atoms with Crippen LogP contribution in [0.15, 0.2) is 66.2 Å². The van der Waals surface area contributed by atoms with Crippen LogP contribution in [0.2, 0.25) is 10.0 Å². The van der Waals surface area contributed by atoms with Crippen molar-refractivity contribution in [3.63, 3.8) is 0 Å². The molecule has 168 valence electrons. The summed E-state index contributed by atoms with van der Waals surface area (Å²) in [6.07, 6.45) is 1.41. The first-order valence-corrected chi connectivity index (χ1v) is 10.7. The number of ether oxygens (including phenoxy) is 2. The maximum Gasteiger partial charge on any atom is 0.266 e. The molecule has 0 bridgehead atoms. The van der Waals surface area contributed by atoms with E-state index in [1.54, 1.807) is 54.6 Å². The number of nitrogens with one attached hydrogen (secondary N) is 1. The molecule has 8 heteroatoms. The molecule has 0 saturated carbocycles. The molecule has 5 nitrogen and oxygen atoms in total. The summed E-state index contributed by atoms with van der Waals surface area (Å²) < 4.78 is 25.2. The van der Waals surface area contributed by atoms with Gasteiger partial charge in [-0.15, -0.1) is 0 Å². The number of rotatable bonds is 8. The van der Waals surface area contributed by atoms with Gasteiger partial charge in [-0.1, -0.05) is 53.5 Å². The summed E-state index contributed by atoms with van der Waals surface area (Å²) in [5.74, 6) is -0.192. The van der Waals surface area contributed by atoms with E-state index in [0.29, 0.717) is 34.9 Å². The second-order valence-corrected chi connectivity index (χ2v) is 7.53. The van der Waals surface area contributed by atoms with Gasteiger partial charge in [-0.05, 0) is 48.9 Å². The molecule has 1 amide bonds. The number of hydrogen-bond acceptors (Lipinski definition) is 4. The van der Waals surface area contributed by atoms with Gasteiger partial charge in [-0.2, -0.15) is 5.26 Å². The Morgan fingerprint density at radius 3 is 2.61 bits per heavy atom. The van der Waals surface area contributed by atoms with E-state index in [4.69, 9.17) is 32.7 Å². The summed E-state index contributed by atoms with van der Waals surface area (Å²) >= 11 is 12.1. The minimum Gasteiger partial charge on any atom is -0.490 e. The van der Waals surface area contributed by atoms with E-state index in [0.717, 1.165) is 0 Å². The number of carbonyl (C=O) groups excluding carboxylic acids is 1. The van der Waals surface area contributed by atoms with Gasteiger partial charge in [0, 0.05) is 5.56 Å². The Balaban J connectivity index is 1.81. The van der Waals surface area contributed by atoms with Crippen molar-refractivity contribution in [3.05, 3.63) is 93.2 Å². The first-order valence-electron chi connectivity index (χ1n) is 9.93.